The summed E-state index contributed by atoms with van der Waals surface area (Å²) in [6, 6.07) is 0. The summed E-state index contributed by atoms with van der Waals surface area (Å²) >= 11 is 0. The predicted octanol–water partition coefficient (Wildman–Crippen LogP) is 13.6. The van der Waals surface area contributed by atoms with Crippen molar-refractivity contribution in [3.05, 3.63) is 36.5 Å². The van der Waals surface area contributed by atoms with Crippen LogP contribution in [0.5, 0.6) is 0 Å². The Hall–Kier alpha value is -3.48. The highest BCUT2D eigenvalue weighted by molar-refractivity contribution is 5.88. The summed E-state index contributed by atoms with van der Waals surface area (Å²) in [5.41, 5.74) is 0. The highest BCUT2D eigenvalue weighted by Gasteiger charge is 2.31. The molecular weight excluding hydrogens is 911 g/mol. The number of hydrogen-bond donors (Lipinski definition) is 0. The number of hydrogen-bond acceptors (Lipinski definition) is 11. The zero-order valence-electron chi connectivity index (χ0n) is 47.0. The van der Waals surface area contributed by atoms with E-state index in [1.54, 1.807) is 13.8 Å². The lowest BCUT2D eigenvalue weighted by Crippen LogP contribution is -2.46. The molecule has 416 valence electrons. The Morgan fingerprint density at radius 3 is 1.19 bits per heavy atom. The maximum Gasteiger partial charge on any atom is 0.310 e. The molecule has 0 fully saturated rings. The number of carbonyl (C=O) groups excluding carboxylic acids is 6. The second-order valence-electron chi connectivity index (χ2n) is 20.2. The van der Waals surface area contributed by atoms with E-state index in [1.165, 1.54) is 129 Å². The van der Waals surface area contributed by atoms with Gasteiger partial charge in [0.2, 0.25) is 5.91 Å². The lowest BCUT2D eigenvalue weighted by atomic mass is 9.95. The van der Waals surface area contributed by atoms with Gasteiger partial charge in [-0.25, -0.2) is 0 Å². The van der Waals surface area contributed by atoms with E-state index in [4.69, 9.17) is 23.7 Å². The summed E-state index contributed by atoms with van der Waals surface area (Å²) in [6.45, 7) is 9.55. The Bertz CT molecular complexity index is 1490. The molecule has 0 aliphatic carbocycles. The van der Waals surface area contributed by atoms with Crippen LogP contribution in [0, 0.1) is 17.8 Å². The minimum atomic E-state index is -0.812. The molecule has 0 aromatic carbocycles. The van der Waals surface area contributed by atoms with Crippen molar-refractivity contribution in [2.75, 3.05) is 54.2 Å². The van der Waals surface area contributed by atoms with E-state index >= 15 is 0 Å². The highest BCUT2D eigenvalue weighted by atomic mass is 16.5. The summed E-state index contributed by atoms with van der Waals surface area (Å²) in [5.74, 6) is -4.21. The first-order valence-electron chi connectivity index (χ1n) is 28.5. The van der Waals surface area contributed by atoms with Crippen LogP contribution in [0.3, 0.4) is 0 Å². The number of ketones is 3. The van der Waals surface area contributed by atoms with E-state index in [2.05, 4.69) is 39.0 Å². The smallest absolute Gasteiger partial charge is 0.310 e. The second kappa shape index (κ2) is 48.5. The second-order valence-corrected chi connectivity index (χ2v) is 20.2. The third-order valence-corrected chi connectivity index (χ3v) is 13.0. The molecule has 5 unspecified atom stereocenters. The Kier molecular flexibility index (Phi) is 46.1. The maximum absolute atomic E-state index is 14.7. The van der Waals surface area contributed by atoms with Crippen LogP contribution in [0.2, 0.25) is 0 Å². The molecule has 0 radical (unpaired) electrons. The molecule has 72 heavy (non-hydrogen) atoms. The van der Waals surface area contributed by atoms with E-state index in [1.807, 2.05) is 18.2 Å². The molecular formula is C60H105NO11. The van der Waals surface area contributed by atoms with E-state index in [0.717, 1.165) is 51.4 Å². The van der Waals surface area contributed by atoms with Crippen LogP contribution >= 0.6 is 0 Å². The van der Waals surface area contributed by atoms with Crippen molar-refractivity contribution in [3.63, 3.8) is 0 Å². The Morgan fingerprint density at radius 2 is 0.778 bits per heavy atom. The zero-order valence-corrected chi connectivity index (χ0v) is 47.0. The van der Waals surface area contributed by atoms with Gasteiger partial charge in [-0.2, -0.15) is 0 Å². The number of allylic oxidation sites excluding steroid dienone is 6. The number of ether oxygens (including phenoxy) is 5. The van der Waals surface area contributed by atoms with E-state index in [9.17, 15) is 28.8 Å². The van der Waals surface area contributed by atoms with E-state index < -0.39 is 41.9 Å². The van der Waals surface area contributed by atoms with Crippen LogP contribution in [0.25, 0.3) is 0 Å². The van der Waals surface area contributed by atoms with Gasteiger partial charge in [0.05, 0.1) is 25.4 Å². The lowest BCUT2D eigenvalue weighted by molar-refractivity contribution is -0.159. The summed E-state index contributed by atoms with van der Waals surface area (Å²) < 4.78 is 27.3. The molecule has 12 nitrogen and oxygen atoms in total. The Balaban J connectivity index is 6.28. The highest BCUT2D eigenvalue weighted by Crippen LogP contribution is 2.21. The fraction of sp³-hybridized carbons (Fsp3) is 0.800. The Labute approximate surface area is 438 Å². The van der Waals surface area contributed by atoms with Crippen molar-refractivity contribution < 1.29 is 52.5 Å². The fourth-order valence-corrected chi connectivity index (χ4v) is 8.88. The molecule has 1 amide bonds. The molecule has 0 aromatic rings. The van der Waals surface area contributed by atoms with Crippen LogP contribution in [-0.4, -0.2) is 107 Å². The number of esters is 2. The average Bonchev–Trinajstić information content (AvgIpc) is 3.34. The molecule has 0 saturated carbocycles. The monoisotopic (exact) mass is 1020 g/mol. The Morgan fingerprint density at radius 1 is 0.417 bits per heavy atom. The van der Waals surface area contributed by atoms with Gasteiger partial charge in [-0.3, -0.25) is 28.8 Å². The molecule has 0 bridgehead atoms. The van der Waals surface area contributed by atoms with Crippen LogP contribution in [0.4, 0.5) is 0 Å². The van der Waals surface area contributed by atoms with Gasteiger partial charge in [-0.1, -0.05) is 173 Å². The molecule has 0 aliphatic heterocycles. The van der Waals surface area contributed by atoms with Crippen LogP contribution in [0.15, 0.2) is 36.5 Å². The average molecular weight is 1020 g/mol. The standard InChI is InChI=1S/C60H105NO11/c1-9-12-15-18-21-24-27-30-33-36-39-52(57(64)49-70-8)44-58(65)71-50(4)45-61(59(66)53(42-55(62)47-68-6)40-37-34-31-28-25-22-19-16-13-10-2)46-51(5)72-60(67)54(43-56(63)48-69-7)41-38-35-32-29-26-23-20-17-14-11-3/h33-38,50-54H,9-32,39-49H2,1-8H3/b36-33+,37-34+,38-35+. The summed E-state index contributed by atoms with van der Waals surface area (Å²) in [7, 11) is 4.34. The van der Waals surface area contributed by atoms with Crippen molar-refractivity contribution in [3.8, 4) is 0 Å². The van der Waals surface area contributed by atoms with Crippen molar-refractivity contribution in [2.24, 2.45) is 17.8 Å². The number of carbonyl (C=O) groups is 6. The number of nitrogens with zero attached hydrogens (tertiary/aromatic N) is 1. The number of Topliss-reactive ketones (excluding diaryl/α,β-unsaturated/α-hetero) is 3. The number of unbranched alkanes of at least 4 members (excludes halogenated alkanes) is 21. The minimum absolute atomic E-state index is 0.0463. The van der Waals surface area contributed by atoms with Crippen molar-refractivity contribution in [1.29, 1.82) is 0 Å². The van der Waals surface area contributed by atoms with E-state index in [0.29, 0.717) is 19.3 Å². The van der Waals surface area contributed by atoms with Gasteiger partial charge in [0.1, 0.15) is 32.0 Å². The van der Waals surface area contributed by atoms with Gasteiger partial charge in [0.25, 0.3) is 0 Å². The first-order valence-corrected chi connectivity index (χ1v) is 28.5. The first-order chi connectivity index (χ1) is 34.9. The van der Waals surface area contributed by atoms with Gasteiger partial charge in [0, 0.05) is 46.0 Å². The SMILES string of the molecule is CCCCCCCCC/C=C/CC(CC(=O)OC(C)CN(CC(C)OC(=O)C(C/C=C/CCCCCCCCC)CC(=O)COC)C(=O)C(C/C=C/CCCCCCCCC)CC(=O)COC)C(=O)COC. The van der Waals surface area contributed by atoms with Gasteiger partial charge in [-0.05, 0) is 71.6 Å². The molecule has 0 heterocycles. The minimum Gasteiger partial charge on any atom is -0.461 e. The van der Waals surface area contributed by atoms with Crippen molar-refractivity contribution in [2.45, 2.75) is 239 Å². The molecule has 0 aromatic heterocycles. The molecule has 0 spiro atoms. The van der Waals surface area contributed by atoms with E-state index in [-0.39, 0.29) is 75.4 Å². The molecule has 12 heteroatoms. The first kappa shape index (κ1) is 68.5. The van der Waals surface area contributed by atoms with Crippen LogP contribution in [-0.2, 0) is 52.5 Å². The lowest BCUT2D eigenvalue weighted by Gasteiger charge is -2.31. The molecule has 0 aliphatic rings. The van der Waals surface area contributed by atoms with Crippen molar-refractivity contribution >= 4 is 35.2 Å². The molecule has 0 rings (SSSR count). The quantitative estimate of drug-likeness (QED) is 0.0325. The number of rotatable bonds is 51. The summed E-state index contributed by atoms with van der Waals surface area (Å²) in [5, 5.41) is 0. The van der Waals surface area contributed by atoms with Crippen molar-refractivity contribution in [1.82, 2.24) is 4.90 Å². The van der Waals surface area contributed by atoms with Gasteiger partial charge in [0.15, 0.2) is 17.3 Å². The predicted molar refractivity (Wildman–Crippen MR) is 292 cm³/mol. The normalized spacial score (nSPS) is 13.9. The summed E-state index contributed by atoms with van der Waals surface area (Å²) in [4.78, 5) is 82.5. The van der Waals surface area contributed by atoms with Gasteiger partial charge >= 0.3 is 11.9 Å². The zero-order chi connectivity index (χ0) is 53.5. The van der Waals surface area contributed by atoms with Crippen LogP contribution in [0.1, 0.15) is 227 Å². The third-order valence-electron chi connectivity index (χ3n) is 13.0. The largest absolute Gasteiger partial charge is 0.461 e. The maximum atomic E-state index is 14.7. The van der Waals surface area contributed by atoms with Gasteiger partial charge < -0.3 is 28.6 Å². The fourth-order valence-electron chi connectivity index (χ4n) is 8.88. The molecule has 0 saturated heterocycles. The summed E-state index contributed by atoms with van der Waals surface area (Å²) in [6.07, 6.45) is 39.2. The molecule has 5 atom stereocenters. The third kappa shape index (κ3) is 39.0. The van der Waals surface area contributed by atoms with Gasteiger partial charge in [-0.15, -0.1) is 0 Å². The van der Waals surface area contributed by atoms with Crippen LogP contribution < -0.4 is 0 Å². The topological polar surface area (TPSA) is 152 Å². The number of amides is 1. The molecule has 0 N–H and O–H groups in total. The number of methoxy groups -OCH3 is 3.